The van der Waals surface area contributed by atoms with E-state index in [2.05, 4.69) is 21.2 Å². The Hall–Kier alpha value is -1.72. The molecule has 0 unspecified atom stereocenters. The number of rotatable bonds is 3. The van der Waals surface area contributed by atoms with Gasteiger partial charge in [0.1, 0.15) is 5.75 Å². The normalized spacial score (nSPS) is 10.2. The van der Waals surface area contributed by atoms with Gasteiger partial charge in [-0.15, -0.1) is 0 Å². The summed E-state index contributed by atoms with van der Waals surface area (Å²) in [6.07, 6.45) is 0. The number of halogens is 2. The highest BCUT2D eigenvalue weighted by Gasteiger charge is 2.09. The van der Waals surface area contributed by atoms with Crippen LogP contribution in [0.25, 0.3) is 0 Å². The molecule has 4 nitrogen and oxygen atoms in total. The van der Waals surface area contributed by atoms with Crippen LogP contribution in [0.4, 0.5) is 11.4 Å². The maximum atomic E-state index is 12.1. The van der Waals surface area contributed by atoms with Gasteiger partial charge in [0.25, 0.3) is 5.91 Å². The Balaban J connectivity index is 2.19. The van der Waals surface area contributed by atoms with Gasteiger partial charge >= 0.3 is 0 Å². The van der Waals surface area contributed by atoms with Crippen LogP contribution in [0.1, 0.15) is 10.4 Å². The molecule has 2 aromatic rings. The Morgan fingerprint density at radius 3 is 2.65 bits per heavy atom. The second-order valence-electron chi connectivity index (χ2n) is 4.04. The average Bonchev–Trinajstić information content (AvgIpc) is 2.42. The van der Waals surface area contributed by atoms with Gasteiger partial charge in [-0.3, -0.25) is 4.79 Å². The van der Waals surface area contributed by atoms with Gasteiger partial charge in [0.15, 0.2) is 0 Å². The average molecular weight is 356 g/mol. The van der Waals surface area contributed by atoms with Gasteiger partial charge in [-0.25, -0.2) is 0 Å². The van der Waals surface area contributed by atoms with Crippen LogP contribution < -0.4 is 15.8 Å². The lowest BCUT2D eigenvalue weighted by Gasteiger charge is -2.09. The SMILES string of the molecule is COc1ccc(NC(=O)c2ccc(Cl)c(Br)c2)cc1N. The van der Waals surface area contributed by atoms with Crippen LogP contribution >= 0.6 is 27.5 Å². The number of nitrogens with two attached hydrogens (primary N) is 1. The minimum absolute atomic E-state index is 0.244. The molecule has 0 fully saturated rings. The van der Waals surface area contributed by atoms with Gasteiger partial charge in [0, 0.05) is 15.7 Å². The van der Waals surface area contributed by atoms with Crippen molar-refractivity contribution >= 4 is 44.8 Å². The highest BCUT2D eigenvalue weighted by Crippen LogP contribution is 2.26. The summed E-state index contributed by atoms with van der Waals surface area (Å²) in [4.78, 5) is 12.1. The fourth-order valence-corrected chi connectivity index (χ4v) is 2.15. The quantitative estimate of drug-likeness (QED) is 0.820. The zero-order chi connectivity index (χ0) is 14.7. The molecule has 3 N–H and O–H groups in total. The van der Waals surface area contributed by atoms with E-state index < -0.39 is 0 Å². The van der Waals surface area contributed by atoms with E-state index in [0.29, 0.717) is 32.2 Å². The number of hydrogen-bond acceptors (Lipinski definition) is 3. The molecule has 0 heterocycles. The van der Waals surface area contributed by atoms with Crippen molar-refractivity contribution in [3.8, 4) is 5.75 Å². The largest absolute Gasteiger partial charge is 0.495 e. The van der Waals surface area contributed by atoms with Crippen molar-refractivity contribution in [2.45, 2.75) is 0 Å². The van der Waals surface area contributed by atoms with Gasteiger partial charge in [0.05, 0.1) is 17.8 Å². The highest BCUT2D eigenvalue weighted by atomic mass is 79.9. The van der Waals surface area contributed by atoms with Crippen molar-refractivity contribution < 1.29 is 9.53 Å². The van der Waals surface area contributed by atoms with Gasteiger partial charge in [-0.05, 0) is 52.3 Å². The van der Waals surface area contributed by atoms with Crippen LogP contribution in [0.15, 0.2) is 40.9 Å². The van der Waals surface area contributed by atoms with Crippen LogP contribution in [0.2, 0.25) is 5.02 Å². The molecule has 0 radical (unpaired) electrons. The van der Waals surface area contributed by atoms with E-state index in [0.717, 1.165) is 0 Å². The minimum atomic E-state index is -0.244. The molecule has 1 amide bonds. The number of carbonyl (C=O) groups excluding carboxylic acids is 1. The molecular formula is C14H12BrClN2O2. The smallest absolute Gasteiger partial charge is 0.255 e. The molecule has 20 heavy (non-hydrogen) atoms. The molecule has 2 rings (SSSR count). The van der Waals surface area contributed by atoms with E-state index >= 15 is 0 Å². The van der Waals surface area contributed by atoms with Gasteiger partial charge in [-0.1, -0.05) is 11.6 Å². The first kappa shape index (κ1) is 14.7. The molecule has 104 valence electrons. The first-order valence-electron chi connectivity index (χ1n) is 5.71. The molecule has 6 heteroatoms. The summed E-state index contributed by atoms with van der Waals surface area (Å²) >= 11 is 9.17. The lowest BCUT2D eigenvalue weighted by Crippen LogP contribution is -2.12. The summed E-state index contributed by atoms with van der Waals surface area (Å²) in [5.74, 6) is 0.323. The number of hydrogen-bond donors (Lipinski definition) is 2. The van der Waals surface area contributed by atoms with E-state index in [1.165, 1.54) is 7.11 Å². The number of amides is 1. The summed E-state index contributed by atoms with van der Waals surface area (Å²) in [7, 11) is 1.54. The Kier molecular flexibility index (Phi) is 4.52. The summed E-state index contributed by atoms with van der Waals surface area (Å²) in [6.45, 7) is 0. The Morgan fingerprint density at radius 2 is 2.05 bits per heavy atom. The topological polar surface area (TPSA) is 64.3 Å². The molecule has 0 aliphatic heterocycles. The highest BCUT2D eigenvalue weighted by molar-refractivity contribution is 9.10. The molecule has 0 aliphatic rings. The molecule has 0 aromatic heterocycles. The van der Waals surface area contributed by atoms with Crippen molar-refractivity contribution in [3.05, 3.63) is 51.5 Å². The second-order valence-corrected chi connectivity index (χ2v) is 5.30. The number of nitrogens with one attached hydrogen (secondary N) is 1. The Labute approximate surface area is 130 Å². The van der Waals surface area contributed by atoms with Crippen LogP contribution in [-0.2, 0) is 0 Å². The third kappa shape index (κ3) is 3.23. The number of carbonyl (C=O) groups is 1. The third-order valence-corrected chi connectivity index (χ3v) is 3.88. The summed E-state index contributed by atoms with van der Waals surface area (Å²) in [6, 6.07) is 10.0. The van der Waals surface area contributed by atoms with Crippen molar-refractivity contribution in [3.63, 3.8) is 0 Å². The van der Waals surface area contributed by atoms with E-state index in [4.69, 9.17) is 22.1 Å². The zero-order valence-corrected chi connectivity index (χ0v) is 13.0. The molecule has 2 aromatic carbocycles. The monoisotopic (exact) mass is 354 g/mol. The Bertz CT molecular complexity index is 662. The van der Waals surface area contributed by atoms with Gasteiger partial charge < -0.3 is 15.8 Å². The molecular weight excluding hydrogens is 344 g/mol. The number of benzene rings is 2. The second kappa shape index (κ2) is 6.15. The van der Waals surface area contributed by atoms with Gasteiger partial charge in [0.2, 0.25) is 0 Å². The maximum Gasteiger partial charge on any atom is 0.255 e. The predicted octanol–water partition coefficient (Wildman–Crippen LogP) is 3.95. The summed E-state index contributed by atoms with van der Waals surface area (Å²) in [5.41, 5.74) is 7.34. The maximum absolute atomic E-state index is 12.1. The minimum Gasteiger partial charge on any atom is -0.495 e. The Morgan fingerprint density at radius 1 is 1.30 bits per heavy atom. The van der Waals surface area contributed by atoms with Crippen LogP contribution in [-0.4, -0.2) is 13.0 Å². The fourth-order valence-electron chi connectivity index (χ4n) is 1.65. The van der Waals surface area contributed by atoms with Gasteiger partial charge in [-0.2, -0.15) is 0 Å². The summed E-state index contributed by atoms with van der Waals surface area (Å²) in [5, 5.41) is 3.31. The molecule has 0 spiro atoms. The van der Waals surface area contributed by atoms with Crippen molar-refractivity contribution in [1.29, 1.82) is 0 Å². The molecule has 0 saturated carbocycles. The lowest BCUT2D eigenvalue weighted by atomic mass is 10.2. The van der Waals surface area contributed by atoms with E-state index in [1.807, 2.05) is 0 Å². The third-order valence-electron chi connectivity index (χ3n) is 2.67. The number of methoxy groups -OCH3 is 1. The molecule has 0 saturated heterocycles. The van der Waals surface area contributed by atoms with Crippen LogP contribution in [0.3, 0.4) is 0 Å². The standard InChI is InChI=1S/C14H12BrClN2O2/c1-20-13-5-3-9(7-12(13)17)18-14(19)8-2-4-11(16)10(15)6-8/h2-7H,17H2,1H3,(H,18,19). The van der Waals surface area contributed by atoms with E-state index in [-0.39, 0.29) is 5.91 Å². The van der Waals surface area contributed by atoms with Crippen molar-refractivity contribution in [1.82, 2.24) is 0 Å². The van der Waals surface area contributed by atoms with Crippen molar-refractivity contribution in [2.75, 3.05) is 18.2 Å². The number of nitrogen functional groups attached to an aromatic ring is 1. The fraction of sp³-hybridized carbons (Fsp3) is 0.0714. The number of ether oxygens (including phenoxy) is 1. The predicted molar refractivity (Wildman–Crippen MR) is 84.5 cm³/mol. The van der Waals surface area contributed by atoms with Crippen LogP contribution in [0, 0.1) is 0 Å². The van der Waals surface area contributed by atoms with E-state index in [9.17, 15) is 4.79 Å². The van der Waals surface area contributed by atoms with E-state index in [1.54, 1.807) is 36.4 Å². The molecule has 0 aliphatic carbocycles. The molecule has 0 atom stereocenters. The first-order valence-corrected chi connectivity index (χ1v) is 6.88. The summed E-state index contributed by atoms with van der Waals surface area (Å²) < 4.78 is 5.73. The lowest BCUT2D eigenvalue weighted by molar-refractivity contribution is 0.102. The van der Waals surface area contributed by atoms with Crippen LogP contribution in [0.5, 0.6) is 5.75 Å². The molecule has 0 bridgehead atoms. The zero-order valence-electron chi connectivity index (χ0n) is 10.6. The van der Waals surface area contributed by atoms with Crippen molar-refractivity contribution in [2.24, 2.45) is 0 Å². The number of anilines is 2. The first-order chi connectivity index (χ1) is 9.51.